The largest absolute Gasteiger partial charge is 0.303 e. The fourth-order valence-electron chi connectivity index (χ4n) is 1.17. The molecule has 11 heavy (non-hydrogen) atoms. The average molecular weight is 175 g/mol. The molecule has 0 radical (unpaired) electrons. The Balaban J connectivity index is 3.34. The van der Waals surface area contributed by atoms with E-state index in [4.69, 9.17) is 0 Å². The summed E-state index contributed by atoms with van der Waals surface area (Å²) in [4.78, 5) is 2.50. The van der Waals surface area contributed by atoms with Crippen molar-refractivity contribution in [3.8, 4) is 0 Å². The van der Waals surface area contributed by atoms with E-state index >= 15 is 0 Å². The Morgan fingerprint density at radius 2 is 1.73 bits per heavy atom. The van der Waals surface area contributed by atoms with Gasteiger partial charge < -0.3 is 4.90 Å². The van der Waals surface area contributed by atoms with Gasteiger partial charge in [-0.2, -0.15) is 12.6 Å². The summed E-state index contributed by atoms with van der Waals surface area (Å²) in [5.74, 6) is 0.990. The Labute approximate surface area is 76.6 Å². The lowest BCUT2D eigenvalue weighted by Crippen LogP contribution is -2.27. The molecule has 0 N–H and O–H groups in total. The van der Waals surface area contributed by atoms with E-state index in [2.05, 4.69) is 31.4 Å². The fraction of sp³-hybridized carbons (Fsp3) is 1.00. The highest BCUT2D eigenvalue weighted by molar-refractivity contribution is 7.80. The predicted octanol–water partition coefficient (Wildman–Crippen LogP) is 2.43. The zero-order valence-corrected chi connectivity index (χ0v) is 8.74. The van der Waals surface area contributed by atoms with Crippen LogP contribution >= 0.6 is 12.6 Å². The molecule has 0 aromatic rings. The van der Waals surface area contributed by atoms with Gasteiger partial charge in [0.25, 0.3) is 0 Å². The maximum Gasteiger partial charge on any atom is 0.00698 e. The van der Waals surface area contributed by atoms with Gasteiger partial charge >= 0.3 is 0 Å². The highest BCUT2D eigenvalue weighted by atomic mass is 32.1. The van der Waals surface area contributed by atoms with Gasteiger partial charge in [0.05, 0.1) is 0 Å². The Morgan fingerprint density at radius 3 is 2.18 bits per heavy atom. The summed E-state index contributed by atoms with van der Waals surface area (Å²) in [6.45, 7) is 8.12. The molecule has 0 aromatic carbocycles. The van der Waals surface area contributed by atoms with Crippen molar-refractivity contribution in [2.45, 2.75) is 33.1 Å². The second-order valence-corrected chi connectivity index (χ2v) is 3.37. The van der Waals surface area contributed by atoms with Gasteiger partial charge in [0, 0.05) is 12.3 Å². The normalized spacial score (nSPS) is 10.9. The average Bonchev–Trinajstić information content (AvgIpc) is 2.01. The molecule has 0 aliphatic heterocycles. The standard InChI is InChI=1S/C9H21NS/c1-3-5-7-10(6-4-2)8-9-11/h11H,3-9H2,1-2H3. The molecular formula is C9H21NS. The van der Waals surface area contributed by atoms with E-state index < -0.39 is 0 Å². The van der Waals surface area contributed by atoms with Gasteiger partial charge in [0.2, 0.25) is 0 Å². The van der Waals surface area contributed by atoms with Crippen LogP contribution in [0.4, 0.5) is 0 Å². The minimum absolute atomic E-state index is 0.990. The molecule has 2 heteroatoms. The molecule has 0 bridgehead atoms. The first kappa shape index (κ1) is 11.3. The third kappa shape index (κ3) is 6.70. The lowest BCUT2D eigenvalue weighted by atomic mass is 10.3. The Hall–Kier alpha value is 0.310. The number of thiol groups is 1. The molecule has 0 amide bonds. The summed E-state index contributed by atoms with van der Waals surface area (Å²) in [7, 11) is 0. The van der Waals surface area contributed by atoms with Crippen LogP contribution in [-0.2, 0) is 0 Å². The first-order chi connectivity index (χ1) is 5.35. The van der Waals surface area contributed by atoms with Crippen LogP contribution in [0.1, 0.15) is 33.1 Å². The van der Waals surface area contributed by atoms with E-state index in [1.54, 1.807) is 0 Å². The minimum Gasteiger partial charge on any atom is -0.303 e. The first-order valence-corrected chi connectivity index (χ1v) is 5.31. The smallest absolute Gasteiger partial charge is 0.00698 e. The molecule has 1 nitrogen and oxygen atoms in total. The topological polar surface area (TPSA) is 3.24 Å². The van der Waals surface area contributed by atoms with E-state index in [1.165, 1.54) is 32.4 Å². The number of unbranched alkanes of at least 4 members (excludes halogenated alkanes) is 1. The molecule has 0 rings (SSSR count). The van der Waals surface area contributed by atoms with Gasteiger partial charge in [-0.1, -0.05) is 20.3 Å². The van der Waals surface area contributed by atoms with E-state index in [0.717, 1.165) is 12.3 Å². The minimum atomic E-state index is 0.990. The summed E-state index contributed by atoms with van der Waals surface area (Å²) >= 11 is 4.23. The number of nitrogens with zero attached hydrogens (tertiary/aromatic N) is 1. The maximum absolute atomic E-state index is 4.23. The highest BCUT2D eigenvalue weighted by Crippen LogP contribution is 1.96. The van der Waals surface area contributed by atoms with Crippen LogP contribution < -0.4 is 0 Å². The highest BCUT2D eigenvalue weighted by Gasteiger charge is 1.99. The third-order valence-electron chi connectivity index (χ3n) is 1.78. The van der Waals surface area contributed by atoms with E-state index in [1.807, 2.05) is 0 Å². The van der Waals surface area contributed by atoms with Gasteiger partial charge in [-0.25, -0.2) is 0 Å². The Morgan fingerprint density at radius 1 is 1.00 bits per heavy atom. The zero-order chi connectivity index (χ0) is 8.53. The number of rotatable bonds is 7. The van der Waals surface area contributed by atoms with Gasteiger partial charge in [0.1, 0.15) is 0 Å². The number of hydrogen-bond acceptors (Lipinski definition) is 2. The second kappa shape index (κ2) is 8.41. The van der Waals surface area contributed by atoms with Crippen LogP contribution in [0.5, 0.6) is 0 Å². The lowest BCUT2D eigenvalue weighted by Gasteiger charge is -2.19. The van der Waals surface area contributed by atoms with Gasteiger partial charge in [0.15, 0.2) is 0 Å². The molecule has 0 aromatic heterocycles. The van der Waals surface area contributed by atoms with Gasteiger partial charge in [-0.3, -0.25) is 0 Å². The van der Waals surface area contributed by atoms with E-state index in [-0.39, 0.29) is 0 Å². The van der Waals surface area contributed by atoms with Crippen LogP contribution in [0.25, 0.3) is 0 Å². The van der Waals surface area contributed by atoms with Crippen molar-refractivity contribution in [3.63, 3.8) is 0 Å². The van der Waals surface area contributed by atoms with Crippen LogP contribution in [0.15, 0.2) is 0 Å². The van der Waals surface area contributed by atoms with E-state index in [9.17, 15) is 0 Å². The van der Waals surface area contributed by atoms with Crippen LogP contribution in [0.3, 0.4) is 0 Å². The quantitative estimate of drug-likeness (QED) is 0.582. The van der Waals surface area contributed by atoms with Crippen molar-refractivity contribution in [2.24, 2.45) is 0 Å². The molecule has 0 saturated carbocycles. The molecule has 0 atom stereocenters. The Kier molecular flexibility index (Phi) is 8.64. The predicted molar refractivity (Wildman–Crippen MR) is 55.5 cm³/mol. The third-order valence-corrected chi connectivity index (χ3v) is 1.98. The van der Waals surface area contributed by atoms with Crippen LogP contribution in [0.2, 0.25) is 0 Å². The van der Waals surface area contributed by atoms with Crippen molar-refractivity contribution in [1.29, 1.82) is 0 Å². The SMILES string of the molecule is CCCCN(CCC)CCS. The van der Waals surface area contributed by atoms with Crippen LogP contribution in [0, 0.1) is 0 Å². The van der Waals surface area contributed by atoms with Gasteiger partial charge in [-0.15, -0.1) is 0 Å². The molecule has 0 fully saturated rings. The molecule has 0 heterocycles. The number of hydrogen-bond donors (Lipinski definition) is 1. The summed E-state index contributed by atoms with van der Waals surface area (Å²) in [5, 5.41) is 0. The molecule has 68 valence electrons. The molecule has 0 unspecified atom stereocenters. The Bertz CT molecular complexity index is 70.0. The molecular weight excluding hydrogens is 154 g/mol. The van der Waals surface area contributed by atoms with E-state index in [0.29, 0.717) is 0 Å². The van der Waals surface area contributed by atoms with Crippen molar-refractivity contribution >= 4 is 12.6 Å². The van der Waals surface area contributed by atoms with Crippen molar-refractivity contribution in [2.75, 3.05) is 25.4 Å². The summed E-state index contributed by atoms with van der Waals surface area (Å²) in [6.07, 6.45) is 3.89. The summed E-state index contributed by atoms with van der Waals surface area (Å²) in [5.41, 5.74) is 0. The monoisotopic (exact) mass is 175 g/mol. The lowest BCUT2D eigenvalue weighted by molar-refractivity contribution is 0.286. The maximum atomic E-state index is 4.23. The summed E-state index contributed by atoms with van der Waals surface area (Å²) in [6, 6.07) is 0. The van der Waals surface area contributed by atoms with Crippen molar-refractivity contribution in [1.82, 2.24) is 4.90 Å². The van der Waals surface area contributed by atoms with Crippen molar-refractivity contribution in [3.05, 3.63) is 0 Å². The van der Waals surface area contributed by atoms with Crippen LogP contribution in [-0.4, -0.2) is 30.3 Å². The zero-order valence-electron chi connectivity index (χ0n) is 7.84. The van der Waals surface area contributed by atoms with Crippen molar-refractivity contribution < 1.29 is 0 Å². The summed E-state index contributed by atoms with van der Waals surface area (Å²) < 4.78 is 0. The first-order valence-electron chi connectivity index (χ1n) is 4.68. The van der Waals surface area contributed by atoms with Gasteiger partial charge in [-0.05, 0) is 25.9 Å². The molecule has 0 aliphatic carbocycles. The molecule has 0 aliphatic rings. The second-order valence-electron chi connectivity index (χ2n) is 2.92. The fourth-order valence-corrected chi connectivity index (χ4v) is 1.46. The molecule has 0 spiro atoms. The molecule has 0 saturated heterocycles.